The highest BCUT2D eigenvalue weighted by atomic mass is 32.1. The molecule has 3 aromatic rings. The van der Waals surface area contributed by atoms with E-state index in [4.69, 9.17) is 9.72 Å². The molecule has 0 saturated carbocycles. The summed E-state index contributed by atoms with van der Waals surface area (Å²) in [6, 6.07) is 2.15. The van der Waals surface area contributed by atoms with Crippen molar-refractivity contribution in [3.05, 3.63) is 32.6 Å². The lowest BCUT2D eigenvalue weighted by atomic mass is 10.00. The minimum Gasteiger partial charge on any atom is -0.462 e. The fraction of sp³-hybridized carbons (Fsp3) is 0.333. The average Bonchev–Trinajstić information content (AvgIpc) is 3.12. The summed E-state index contributed by atoms with van der Waals surface area (Å²) in [6.45, 7) is 4.20. The molecule has 4 nitrogen and oxygen atoms in total. The molecule has 0 aromatic carbocycles. The highest BCUT2D eigenvalue weighted by Gasteiger charge is 2.27. The second-order valence-electron chi connectivity index (χ2n) is 5.02. The smallest absolute Gasteiger partial charge is 0.350 e. The Hall–Kier alpha value is -1.66. The fourth-order valence-electron chi connectivity index (χ4n) is 2.92. The maximum atomic E-state index is 12.0. The zero-order valence-electron chi connectivity index (χ0n) is 11.8. The number of imidazole rings is 1. The number of fused-ring (bicyclic) bond motifs is 5. The third kappa shape index (κ3) is 1.79. The van der Waals surface area contributed by atoms with Crippen LogP contribution in [0.4, 0.5) is 0 Å². The monoisotopic (exact) mass is 318 g/mol. The van der Waals surface area contributed by atoms with E-state index in [0.717, 1.165) is 29.2 Å². The van der Waals surface area contributed by atoms with Gasteiger partial charge >= 0.3 is 5.97 Å². The molecule has 6 heteroatoms. The number of thiazole rings is 1. The van der Waals surface area contributed by atoms with E-state index in [1.165, 1.54) is 27.5 Å². The Morgan fingerprint density at radius 1 is 1.48 bits per heavy atom. The summed E-state index contributed by atoms with van der Waals surface area (Å²) in [4.78, 5) is 19.7. The van der Waals surface area contributed by atoms with E-state index < -0.39 is 0 Å². The summed E-state index contributed by atoms with van der Waals surface area (Å²) in [6.07, 6.45) is 2.03. The molecule has 0 spiro atoms. The summed E-state index contributed by atoms with van der Waals surface area (Å²) >= 11 is 3.22. The summed E-state index contributed by atoms with van der Waals surface area (Å²) in [5.74, 6) is -0.244. The van der Waals surface area contributed by atoms with Gasteiger partial charge in [0, 0.05) is 16.1 Å². The van der Waals surface area contributed by atoms with Gasteiger partial charge in [-0.25, -0.2) is 9.78 Å². The van der Waals surface area contributed by atoms with Crippen molar-refractivity contribution in [2.45, 2.75) is 26.7 Å². The Morgan fingerprint density at radius 2 is 2.33 bits per heavy atom. The molecule has 0 saturated heterocycles. The van der Waals surface area contributed by atoms with Gasteiger partial charge < -0.3 is 4.74 Å². The van der Waals surface area contributed by atoms with Crippen LogP contribution in [0.5, 0.6) is 0 Å². The van der Waals surface area contributed by atoms with Crippen LogP contribution in [0.15, 0.2) is 11.4 Å². The van der Waals surface area contributed by atoms with E-state index in [2.05, 4.69) is 15.8 Å². The minimum atomic E-state index is -0.244. The van der Waals surface area contributed by atoms with Gasteiger partial charge in [0.1, 0.15) is 4.88 Å². The van der Waals surface area contributed by atoms with E-state index in [1.807, 2.05) is 13.8 Å². The minimum absolute atomic E-state index is 0.244. The second-order valence-corrected chi connectivity index (χ2v) is 7.00. The van der Waals surface area contributed by atoms with Crippen molar-refractivity contribution in [2.75, 3.05) is 6.61 Å². The summed E-state index contributed by atoms with van der Waals surface area (Å²) in [7, 11) is 0. The number of nitrogens with zero attached hydrogens (tertiary/aromatic N) is 2. The Kier molecular flexibility index (Phi) is 2.90. The van der Waals surface area contributed by atoms with Gasteiger partial charge in [-0.15, -0.1) is 11.3 Å². The van der Waals surface area contributed by atoms with Crippen LogP contribution in [0, 0.1) is 6.92 Å². The molecule has 0 atom stereocenters. The number of rotatable bonds is 2. The number of aryl methyl sites for hydroxylation is 3. The molecular weight excluding hydrogens is 304 g/mol. The second kappa shape index (κ2) is 4.68. The van der Waals surface area contributed by atoms with Gasteiger partial charge in [-0.3, -0.25) is 4.40 Å². The van der Waals surface area contributed by atoms with Gasteiger partial charge in [0.25, 0.3) is 0 Å². The van der Waals surface area contributed by atoms with E-state index in [9.17, 15) is 4.79 Å². The Balaban J connectivity index is 1.91. The molecule has 0 radical (unpaired) electrons. The number of hydrogen-bond donors (Lipinski definition) is 0. The highest BCUT2D eigenvalue weighted by Crippen LogP contribution is 2.39. The van der Waals surface area contributed by atoms with Crippen LogP contribution in [0.3, 0.4) is 0 Å². The van der Waals surface area contributed by atoms with Crippen LogP contribution in [0.1, 0.15) is 32.9 Å². The molecule has 1 aliphatic carbocycles. The largest absolute Gasteiger partial charge is 0.462 e. The maximum absolute atomic E-state index is 12.0. The zero-order valence-corrected chi connectivity index (χ0v) is 13.4. The van der Waals surface area contributed by atoms with Crippen molar-refractivity contribution in [3.8, 4) is 11.3 Å². The molecule has 0 aliphatic heterocycles. The first kappa shape index (κ1) is 13.0. The Bertz CT molecular complexity index is 857. The first-order valence-electron chi connectivity index (χ1n) is 6.95. The normalized spacial score (nSPS) is 13.2. The van der Waals surface area contributed by atoms with E-state index in [-0.39, 0.29) is 5.97 Å². The van der Waals surface area contributed by atoms with E-state index in [1.54, 1.807) is 11.3 Å². The number of carbonyl (C=O) groups excluding carboxylic acids is 1. The lowest BCUT2D eigenvalue weighted by Gasteiger charge is -2.12. The molecule has 108 valence electrons. The van der Waals surface area contributed by atoms with Gasteiger partial charge in [0.05, 0.1) is 18.0 Å². The molecule has 3 heterocycles. The van der Waals surface area contributed by atoms with Gasteiger partial charge in [0.2, 0.25) is 0 Å². The first-order valence-corrected chi connectivity index (χ1v) is 8.65. The predicted octanol–water partition coefficient (Wildman–Crippen LogP) is 3.71. The van der Waals surface area contributed by atoms with Gasteiger partial charge in [-0.05, 0) is 38.1 Å². The molecule has 0 bridgehead atoms. The summed E-state index contributed by atoms with van der Waals surface area (Å²) < 4.78 is 7.26. The lowest BCUT2D eigenvalue weighted by Crippen LogP contribution is -2.07. The van der Waals surface area contributed by atoms with Crippen molar-refractivity contribution < 1.29 is 9.53 Å². The van der Waals surface area contributed by atoms with E-state index in [0.29, 0.717) is 11.5 Å². The molecule has 1 aliphatic rings. The lowest BCUT2D eigenvalue weighted by molar-refractivity contribution is 0.0531. The summed E-state index contributed by atoms with van der Waals surface area (Å²) in [5, 5.41) is 2.13. The fourth-order valence-corrected chi connectivity index (χ4v) is 4.84. The van der Waals surface area contributed by atoms with Crippen molar-refractivity contribution in [2.24, 2.45) is 0 Å². The number of hydrogen-bond acceptors (Lipinski definition) is 5. The Labute approximate surface area is 130 Å². The average molecular weight is 318 g/mol. The van der Waals surface area contributed by atoms with Gasteiger partial charge in [-0.2, -0.15) is 0 Å². The molecule has 0 amide bonds. The predicted molar refractivity (Wildman–Crippen MR) is 84.5 cm³/mol. The van der Waals surface area contributed by atoms with Crippen LogP contribution < -0.4 is 0 Å². The number of aromatic nitrogens is 2. The maximum Gasteiger partial charge on any atom is 0.350 e. The van der Waals surface area contributed by atoms with Crippen LogP contribution in [-0.4, -0.2) is 22.0 Å². The van der Waals surface area contributed by atoms with Crippen molar-refractivity contribution >= 4 is 33.6 Å². The molecule has 3 aromatic heterocycles. The molecular formula is C15H14N2O2S2. The van der Waals surface area contributed by atoms with Crippen LogP contribution in [0.2, 0.25) is 0 Å². The topological polar surface area (TPSA) is 43.6 Å². The van der Waals surface area contributed by atoms with Gasteiger partial charge in [-0.1, -0.05) is 11.3 Å². The standard InChI is InChI=1S/C15H14N2O2S2/c1-3-19-14(18)13-8(2)17-10-4-5-11-9(6-7-20-11)12(10)16-15(17)21-13/h6-7H,3-5H2,1-2H3. The van der Waals surface area contributed by atoms with Gasteiger partial charge in [0.15, 0.2) is 4.96 Å². The molecule has 21 heavy (non-hydrogen) atoms. The molecule has 4 rings (SSSR count). The highest BCUT2D eigenvalue weighted by molar-refractivity contribution is 7.19. The number of carbonyl (C=O) groups is 1. The van der Waals surface area contributed by atoms with E-state index >= 15 is 0 Å². The van der Waals surface area contributed by atoms with Crippen LogP contribution >= 0.6 is 22.7 Å². The third-order valence-corrected chi connectivity index (χ3v) is 5.95. The zero-order chi connectivity index (χ0) is 14.6. The molecule has 0 N–H and O–H groups in total. The van der Waals surface area contributed by atoms with Crippen LogP contribution in [0.25, 0.3) is 16.2 Å². The number of thiophene rings is 1. The number of esters is 1. The van der Waals surface area contributed by atoms with Crippen molar-refractivity contribution in [1.29, 1.82) is 0 Å². The van der Waals surface area contributed by atoms with Crippen molar-refractivity contribution in [3.63, 3.8) is 0 Å². The first-order chi connectivity index (χ1) is 10.2. The van der Waals surface area contributed by atoms with Crippen molar-refractivity contribution in [1.82, 2.24) is 9.38 Å². The molecule has 0 fully saturated rings. The molecule has 0 unspecified atom stereocenters. The number of ether oxygens (including phenoxy) is 1. The van der Waals surface area contributed by atoms with Crippen LogP contribution in [-0.2, 0) is 17.6 Å². The summed E-state index contributed by atoms with van der Waals surface area (Å²) in [5.41, 5.74) is 4.51. The SMILES string of the molecule is CCOC(=O)c1sc2nc3c(n2c1C)CCc1sccc1-3. The third-order valence-electron chi connectivity index (χ3n) is 3.85. The Morgan fingerprint density at radius 3 is 3.14 bits per heavy atom. The quantitative estimate of drug-likeness (QED) is 0.677.